The van der Waals surface area contributed by atoms with Crippen molar-refractivity contribution in [3.63, 3.8) is 0 Å². The smallest absolute Gasteiger partial charge is 0.127 e. The van der Waals surface area contributed by atoms with Crippen LogP contribution in [-0.2, 0) is 0 Å². The molecule has 8 unspecified atom stereocenters. The second-order valence-corrected chi connectivity index (χ2v) is 26.2. The van der Waals surface area contributed by atoms with E-state index in [2.05, 4.69) is 228 Å². The number of rotatable bonds is 16. The monoisotopic (exact) mass is 923 g/mol. The minimum Gasteiger partial charge on any atom is -0.457 e. The molecule has 1 saturated carbocycles. The number of benzene rings is 2. The molecule has 0 aromatic heterocycles. The van der Waals surface area contributed by atoms with Crippen LogP contribution < -0.4 is 4.74 Å². The third-order valence-corrected chi connectivity index (χ3v) is 16.9. The summed E-state index contributed by atoms with van der Waals surface area (Å²) >= 11 is 0. The Bertz CT molecular complexity index is 1670. The molecule has 0 saturated heterocycles. The predicted octanol–water partition coefficient (Wildman–Crippen LogP) is 21.3. The van der Waals surface area contributed by atoms with Crippen molar-refractivity contribution >= 4 is 0 Å². The quantitative estimate of drug-likeness (QED) is 0.152. The second-order valence-electron chi connectivity index (χ2n) is 26.2. The zero-order valence-corrected chi connectivity index (χ0v) is 48.2. The first-order valence-electron chi connectivity index (χ1n) is 27.9. The van der Waals surface area contributed by atoms with Gasteiger partial charge in [-0.3, -0.25) is 0 Å². The van der Waals surface area contributed by atoms with Crippen molar-refractivity contribution in [2.75, 3.05) is 0 Å². The highest BCUT2D eigenvalue weighted by atomic mass is 16.5. The van der Waals surface area contributed by atoms with Crippen LogP contribution in [0.3, 0.4) is 0 Å². The molecule has 0 radical (unpaired) electrons. The van der Waals surface area contributed by atoms with Gasteiger partial charge >= 0.3 is 0 Å². The number of ether oxygens (including phenoxy) is 1. The van der Waals surface area contributed by atoms with Crippen LogP contribution in [0.25, 0.3) is 0 Å². The molecule has 1 fully saturated rings. The van der Waals surface area contributed by atoms with Gasteiger partial charge in [0.2, 0.25) is 0 Å². The van der Waals surface area contributed by atoms with E-state index < -0.39 is 0 Å². The predicted molar refractivity (Wildman–Crippen MR) is 302 cm³/mol. The van der Waals surface area contributed by atoms with Gasteiger partial charge in [-0.2, -0.15) is 0 Å². The molecule has 0 spiro atoms. The largest absolute Gasteiger partial charge is 0.457 e. The molecule has 8 atom stereocenters. The molecule has 0 N–H and O–H groups in total. The topological polar surface area (TPSA) is 9.23 Å². The standard InChI is InChI=1S/C24H34O.C21H40.C20H36.CH4/c1-15(2)21-11-9-19(13-23(21)17(5)6)25-20-10-12-22(16(3)4)24(14-20)18(7)8;1-13(2)10-19(14(3)4)18-11-17(9)21(16(7)8)20(12-18)15(5)6;1-11(2)17-15-9-10-16(18(17)12(3)4)20(14(7)8)19(15)13(5)6;/h9-18H,1-8H3;11,13-16,18-21H,10,12H2,1-9H3;9-20H,1-8H3;1H4. The molecule has 0 aliphatic heterocycles. The van der Waals surface area contributed by atoms with Crippen LogP contribution in [0.2, 0.25) is 0 Å². The van der Waals surface area contributed by atoms with Gasteiger partial charge in [0.1, 0.15) is 11.5 Å². The summed E-state index contributed by atoms with van der Waals surface area (Å²) in [5, 5.41) is 0. The summed E-state index contributed by atoms with van der Waals surface area (Å²) in [6, 6.07) is 13.1. The van der Waals surface area contributed by atoms with Gasteiger partial charge in [-0.15, -0.1) is 0 Å². The maximum atomic E-state index is 6.23. The summed E-state index contributed by atoms with van der Waals surface area (Å²) in [6.45, 7) is 59.3. The Labute approximate surface area is 420 Å². The van der Waals surface area contributed by atoms with Crippen LogP contribution in [0.4, 0.5) is 0 Å². The molecular weight excluding hydrogens is 809 g/mol. The molecule has 4 aliphatic carbocycles. The second kappa shape index (κ2) is 26.8. The van der Waals surface area contributed by atoms with Gasteiger partial charge in [-0.25, -0.2) is 0 Å². The fourth-order valence-electron chi connectivity index (χ4n) is 14.1. The molecule has 67 heavy (non-hydrogen) atoms. The molecule has 6 rings (SSSR count). The SMILES string of the molecule is C.CC(C)C1C2C=CC(C1C(C)C)C(C(C)C)C2C(C)C.CC(C)c1ccc(Oc2ccc(C(C)C)c(C(C)C)c2)cc1C(C)C.CC1=CC(C(CC(C)C)C(C)C)CC(C(C)C)C1C(C)C. The summed E-state index contributed by atoms with van der Waals surface area (Å²) < 4.78 is 6.23. The van der Waals surface area contributed by atoms with E-state index in [4.69, 9.17) is 4.74 Å². The van der Waals surface area contributed by atoms with Crippen molar-refractivity contribution < 1.29 is 4.74 Å². The number of fused-ring (bicyclic) bond motifs is 2. The zero-order valence-electron chi connectivity index (χ0n) is 48.2. The fraction of sp³-hybridized carbons (Fsp3) is 0.758. The normalized spacial score (nSPS) is 25.5. The third-order valence-electron chi connectivity index (χ3n) is 16.9. The summed E-state index contributed by atoms with van der Waals surface area (Å²) in [5.41, 5.74) is 7.28. The number of hydrogen-bond donors (Lipinski definition) is 0. The van der Waals surface area contributed by atoms with E-state index in [1.54, 1.807) is 5.57 Å². The van der Waals surface area contributed by atoms with Gasteiger partial charge in [0.05, 0.1) is 0 Å². The lowest BCUT2D eigenvalue weighted by Gasteiger charge is -2.59. The van der Waals surface area contributed by atoms with Crippen LogP contribution in [0.1, 0.15) is 239 Å². The van der Waals surface area contributed by atoms with E-state index in [1.165, 1.54) is 35.1 Å². The Morgan fingerprint density at radius 1 is 0.463 bits per heavy atom. The summed E-state index contributed by atoms with van der Waals surface area (Å²) in [7, 11) is 0. The van der Waals surface area contributed by atoms with Crippen LogP contribution >= 0.6 is 0 Å². The first kappa shape index (κ1) is 60.8. The maximum Gasteiger partial charge on any atom is 0.127 e. The molecule has 2 aromatic carbocycles. The Morgan fingerprint density at radius 2 is 0.821 bits per heavy atom. The van der Waals surface area contributed by atoms with E-state index >= 15 is 0 Å². The molecule has 1 nitrogen and oxygen atoms in total. The molecule has 2 aromatic rings. The van der Waals surface area contributed by atoms with Crippen molar-refractivity contribution in [3.05, 3.63) is 82.5 Å². The van der Waals surface area contributed by atoms with Crippen LogP contribution in [0.5, 0.6) is 11.5 Å². The molecule has 384 valence electrons. The Hall–Kier alpha value is -2.28. The minimum absolute atomic E-state index is 0. The highest BCUT2D eigenvalue weighted by Gasteiger charge is 2.54. The van der Waals surface area contributed by atoms with Gasteiger partial charge in [-0.1, -0.05) is 210 Å². The van der Waals surface area contributed by atoms with E-state index in [-0.39, 0.29) is 7.43 Å². The zero-order chi connectivity index (χ0) is 50.2. The number of hydrogen-bond acceptors (Lipinski definition) is 1. The van der Waals surface area contributed by atoms with E-state index in [0.717, 1.165) is 118 Å². The summed E-state index contributed by atoms with van der Waals surface area (Å²) in [5.74, 6) is 18.9. The van der Waals surface area contributed by atoms with Crippen LogP contribution in [0, 0.1) is 107 Å². The molecule has 0 heterocycles. The van der Waals surface area contributed by atoms with Gasteiger partial charge < -0.3 is 4.74 Å². The molecule has 0 amide bonds. The van der Waals surface area contributed by atoms with Gasteiger partial charge in [0, 0.05) is 0 Å². The van der Waals surface area contributed by atoms with Crippen LogP contribution in [-0.4, -0.2) is 0 Å². The Balaban J connectivity index is 0.000000345. The van der Waals surface area contributed by atoms with E-state index in [9.17, 15) is 0 Å². The van der Waals surface area contributed by atoms with Crippen molar-refractivity contribution in [1.82, 2.24) is 0 Å². The minimum atomic E-state index is 0. The first-order chi connectivity index (χ1) is 30.6. The van der Waals surface area contributed by atoms with Crippen molar-refractivity contribution in [1.29, 1.82) is 0 Å². The molecular formula is C66H114O. The van der Waals surface area contributed by atoms with E-state index in [1.807, 2.05) is 0 Å². The Morgan fingerprint density at radius 3 is 1.09 bits per heavy atom. The first-order valence-corrected chi connectivity index (χ1v) is 27.9. The number of allylic oxidation sites excluding steroid dienone is 4. The molecule has 4 aliphatic rings. The highest BCUT2D eigenvalue weighted by molar-refractivity contribution is 5.44. The van der Waals surface area contributed by atoms with Gasteiger partial charge in [-0.05, 0) is 196 Å². The van der Waals surface area contributed by atoms with Crippen molar-refractivity contribution in [2.45, 2.75) is 217 Å². The molecule has 2 bridgehead atoms. The average Bonchev–Trinajstić information content (AvgIpc) is 3.21. The Kier molecular flexibility index (Phi) is 24.3. The summed E-state index contributed by atoms with van der Waals surface area (Å²) in [4.78, 5) is 0. The molecule has 1 heteroatoms. The fourth-order valence-corrected chi connectivity index (χ4v) is 14.1. The lowest BCUT2D eigenvalue weighted by molar-refractivity contribution is -0.0708. The maximum absolute atomic E-state index is 6.23. The van der Waals surface area contributed by atoms with Gasteiger partial charge in [0.25, 0.3) is 0 Å². The summed E-state index contributed by atoms with van der Waals surface area (Å²) in [6.07, 6.45) is 10.7. The third kappa shape index (κ3) is 15.6. The van der Waals surface area contributed by atoms with Crippen molar-refractivity contribution in [3.8, 4) is 11.5 Å². The van der Waals surface area contributed by atoms with Crippen molar-refractivity contribution in [2.24, 2.45) is 107 Å². The lowest BCUT2D eigenvalue weighted by atomic mass is 9.46. The highest BCUT2D eigenvalue weighted by Crippen LogP contribution is 2.59. The average molecular weight is 924 g/mol. The van der Waals surface area contributed by atoms with E-state index in [0.29, 0.717) is 23.7 Å². The van der Waals surface area contributed by atoms with Gasteiger partial charge in [0.15, 0.2) is 0 Å². The van der Waals surface area contributed by atoms with Crippen LogP contribution in [0.15, 0.2) is 60.2 Å². The lowest BCUT2D eigenvalue weighted by Crippen LogP contribution is -2.54.